The molecule has 0 unspecified atom stereocenters. The van der Waals surface area contributed by atoms with E-state index < -0.39 is 0 Å². The second kappa shape index (κ2) is 7.73. The lowest BCUT2D eigenvalue weighted by molar-refractivity contribution is 0.133. The van der Waals surface area contributed by atoms with E-state index >= 15 is 0 Å². The van der Waals surface area contributed by atoms with Crippen molar-refractivity contribution in [1.82, 2.24) is 20.2 Å². The van der Waals surface area contributed by atoms with Crippen molar-refractivity contribution in [2.45, 2.75) is 25.6 Å². The van der Waals surface area contributed by atoms with Crippen LogP contribution in [0.5, 0.6) is 0 Å². The van der Waals surface area contributed by atoms with Gasteiger partial charge in [0.2, 0.25) is 0 Å². The summed E-state index contributed by atoms with van der Waals surface area (Å²) in [6.07, 6.45) is 1.77. The van der Waals surface area contributed by atoms with Crippen LogP contribution in [-0.2, 0) is 6.54 Å². The highest BCUT2D eigenvalue weighted by atomic mass is 15.3. The van der Waals surface area contributed by atoms with Crippen LogP contribution in [0.1, 0.15) is 29.8 Å². The van der Waals surface area contributed by atoms with Gasteiger partial charge in [-0.3, -0.25) is 9.88 Å². The fraction of sp³-hybridized carbons (Fsp3) is 0.400. The molecule has 2 fully saturated rings. The van der Waals surface area contributed by atoms with Crippen LogP contribution in [0, 0.1) is 11.3 Å². The summed E-state index contributed by atoms with van der Waals surface area (Å²) in [7, 11) is 0. The molecule has 0 bridgehead atoms. The molecule has 2 atom stereocenters. The van der Waals surface area contributed by atoms with Gasteiger partial charge in [-0.05, 0) is 42.8 Å². The van der Waals surface area contributed by atoms with E-state index in [2.05, 4.69) is 62.3 Å². The standard InChI is InChI=1S/C25H27N7/c1-17-14-31(22-6-4-18(13-26)25-20(22)3-2-8-28-25)16-23-19-5-7-24(29-21(19)15-32(17)23)30-11-9-27-10-12-30/h2-8,17,23,27H,9-12,14-16H2,1H3/t17-,23-/m1/s1. The van der Waals surface area contributed by atoms with E-state index in [4.69, 9.17) is 4.98 Å². The number of hydrogen-bond donors (Lipinski definition) is 1. The van der Waals surface area contributed by atoms with Crippen LogP contribution in [0.2, 0.25) is 0 Å². The van der Waals surface area contributed by atoms with Gasteiger partial charge < -0.3 is 15.1 Å². The van der Waals surface area contributed by atoms with Crippen molar-refractivity contribution in [3.63, 3.8) is 0 Å². The molecular weight excluding hydrogens is 398 g/mol. The minimum Gasteiger partial charge on any atom is -0.368 e. The number of nitrogens with one attached hydrogen (secondary N) is 1. The van der Waals surface area contributed by atoms with E-state index in [0.29, 0.717) is 17.6 Å². The minimum atomic E-state index is 0.334. The third-order valence-corrected chi connectivity index (χ3v) is 7.18. The van der Waals surface area contributed by atoms with Crippen LogP contribution >= 0.6 is 0 Å². The molecule has 7 heteroatoms. The number of rotatable bonds is 2. The first kappa shape index (κ1) is 19.5. The number of pyridine rings is 2. The Bertz CT molecular complexity index is 1210. The zero-order valence-electron chi connectivity index (χ0n) is 18.3. The summed E-state index contributed by atoms with van der Waals surface area (Å²) < 4.78 is 0. The van der Waals surface area contributed by atoms with E-state index in [1.807, 2.05) is 12.1 Å². The van der Waals surface area contributed by atoms with Crippen LogP contribution in [0.15, 0.2) is 42.6 Å². The van der Waals surface area contributed by atoms with Crippen LogP contribution in [0.25, 0.3) is 10.9 Å². The molecule has 3 aromatic rings. The first-order valence-electron chi connectivity index (χ1n) is 11.5. The molecular formula is C25H27N7. The molecule has 2 saturated heterocycles. The molecule has 1 N–H and O–H groups in total. The van der Waals surface area contributed by atoms with Gasteiger partial charge in [-0.15, -0.1) is 0 Å². The van der Waals surface area contributed by atoms with E-state index in [9.17, 15) is 5.26 Å². The van der Waals surface area contributed by atoms with Crippen LogP contribution in [0.3, 0.4) is 0 Å². The normalized spacial score (nSPS) is 23.1. The van der Waals surface area contributed by atoms with Gasteiger partial charge in [0.1, 0.15) is 11.9 Å². The molecule has 0 amide bonds. The lowest BCUT2D eigenvalue weighted by Crippen LogP contribution is -2.51. The third kappa shape index (κ3) is 3.10. The number of nitrogens with zero attached hydrogens (tertiary/aromatic N) is 6. The zero-order chi connectivity index (χ0) is 21.7. The molecule has 0 radical (unpaired) electrons. The SMILES string of the molecule is C[C@@H]1CN(c2ccc(C#N)c3ncccc23)C[C@@H]2c3ccc(N4CCNCC4)nc3CN12. The minimum absolute atomic E-state index is 0.334. The third-order valence-electron chi connectivity index (χ3n) is 7.18. The van der Waals surface area contributed by atoms with Gasteiger partial charge in [0.05, 0.1) is 22.8 Å². The predicted molar refractivity (Wildman–Crippen MR) is 126 cm³/mol. The molecule has 7 nitrogen and oxygen atoms in total. The molecule has 3 aliphatic rings. The average Bonchev–Trinajstić information content (AvgIpc) is 3.22. The van der Waals surface area contributed by atoms with Crippen LogP contribution in [0.4, 0.5) is 11.5 Å². The number of anilines is 2. The van der Waals surface area contributed by atoms with E-state index in [1.165, 1.54) is 11.3 Å². The molecule has 0 saturated carbocycles. The van der Waals surface area contributed by atoms with Gasteiger partial charge in [-0.1, -0.05) is 6.07 Å². The predicted octanol–water partition coefficient (Wildman–Crippen LogP) is 2.68. The van der Waals surface area contributed by atoms with Crippen LogP contribution < -0.4 is 15.1 Å². The molecule has 0 spiro atoms. The number of aromatic nitrogens is 2. The van der Waals surface area contributed by atoms with Crippen molar-refractivity contribution in [3.05, 3.63) is 59.4 Å². The Morgan fingerprint density at radius 1 is 1.06 bits per heavy atom. The number of fused-ring (bicyclic) bond motifs is 4. The Morgan fingerprint density at radius 2 is 1.94 bits per heavy atom. The Morgan fingerprint density at radius 3 is 2.78 bits per heavy atom. The van der Waals surface area contributed by atoms with Gasteiger partial charge in [0, 0.05) is 69.1 Å². The summed E-state index contributed by atoms with van der Waals surface area (Å²) in [5, 5.41) is 14.0. The number of piperazine rings is 2. The highest BCUT2D eigenvalue weighted by Crippen LogP contribution is 2.41. The lowest BCUT2D eigenvalue weighted by Gasteiger charge is -2.43. The quantitative estimate of drug-likeness (QED) is 0.677. The Balaban J connectivity index is 1.33. The van der Waals surface area contributed by atoms with E-state index in [1.54, 1.807) is 6.20 Å². The average molecular weight is 426 g/mol. The van der Waals surface area contributed by atoms with Crippen molar-refractivity contribution in [1.29, 1.82) is 5.26 Å². The molecule has 1 aromatic carbocycles. The van der Waals surface area contributed by atoms with Crippen molar-refractivity contribution in [3.8, 4) is 6.07 Å². The zero-order valence-corrected chi connectivity index (χ0v) is 18.3. The lowest BCUT2D eigenvalue weighted by atomic mass is 10.0. The maximum Gasteiger partial charge on any atom is 0.128 e. The Hall–Kier alpha value is -3.21. The molecule has 162 valence electrons. The second-order valence-corrected chi connectivity index (χ2v) is 9.03. The van der Waals surface area contributed by atoms with Crippen molar-refractivity contribution < 1.29 is 0 Å². The van der Waals surface area contributed by atoms with Gasteiger partial charge in [-0.25, -0.2) is 4.98 Å². The summed E-state index contributed by atoms with van der Waals surface area (Å²) in [6.45, 7) is 9.18. The molecule has 0 aliphatic carbocycles. The molecule has 5 heterocycles. The maximum absolute atomic E-state index is 9.50. The van der Waals surface area contributed by atoms with Crippen molar-refractivity contribution >= 4 is 22.4 Å². The fourth-order valence-electron chi connectivity index (χ4n) is 5.56. The summed E-state index contributed by atoms with van der Waals surface area (Å²) in [6, 6.07) is 15.6. The first-order chi connectivity index (χ1) is 15.7. The summed E-state index contributed by atoms with van der Waals surface area (Å²) in [4.78, 5) is 17.1. The monoisotopic (exact) mass is 425 g/mol. The first-order valence-corrected chi connectivity index (χ1v) is 11.5. The van der Waals surface area contributed by atoms with Gasteiger partial charge >= 0.3 is 0 Å². The highest BCUT2D eigenvalue weighted by Gasteiger charge is 2.40. The maximum atomic E-state index is 9.50. The smallest absolute Gasteiger partial charge is 0.128 e. The summed E-state index contributed by atoms with van der Waals surface area (Å²) in [5.74, 6) is 1.11. The molecule has 6 rings (SSSR count). The second-order valence-electron chi connectivity index (χ2n) is 9.03. The Kier molecular flexibility index (Phi) is 4.71. The topological polar surface area (TPSA) is 71.3 Å². The largest absolute Gasteiger partial charge is 0.368 e. The van der Waals surface area contributed by atoms with Crippen molar-refractivity contribution in [2.24, 2.45) is 0 Å². The van der Waals surface area contributed by atoms with Gasteiger partial charge in [0.15, 0.2) is 0 Å². The molecule has 3 aliphatic heterocycles. The number of nitriles is 1. The molecule has 2 aromatic heterocycles. The summed E-state index contributed by atoms with van der Waals surface area (Å²) in [5.41, 5.74) is 5.17. The van der Waals surface area contributed by atoms with E-state index in [-0.39, 0.29) is 0 Å². The number of hydrogen-bond acceptors (Lipinski definition) is 7. The molecule has 32 heavy (non-hydrogen) atoms. The van der Waals surface area contributed by atoms with Gasteiger partial charge in [-0.2, -0.15) is 5.26 Å². The van der Waals surface area contributed by atoms with Crippen molar-refractivity contribution in [2.75, 3.05) is 49.1 Å². The van der Waals surface area contributed by atoms with Crippen LogP contribution in [-0.4, -0.2) is 60.2 Å². The summed E-state index contributed by atoms with van der Waals surface area (Å²) >= 11 is 0. The van der Waals surface area contributed by atoms with E-state index in [0.717, 1.165) is 68.2 Å². The number of benzene rings is 1. The highest BCUT2D eigenvalue weighted by molar-refractivity contribution is 5.95. The fourth-order valence-corrected chi connectivity index (χ4v) is 5.56. The van der Waals surface area contributed by atoms with Gasteiger partial charge in [0.25, 0.3) is 0 Å². The Labute approximate surface area is 188 Å².